The van der Waals surface area contributed by atoms with Crippen LogP contribution in [-0.4, -0.2) is 92.9 Å². The van der Waals surface area contributed by atoms with Crippen LogP contribution < -0.4 is 0 Å². The van der Waals surface area contributed by atoms with E-state index in [2.05, 4.69) is 34.1 Å². The fourth-order valence-corrected chi connectivity index (χ4v) is 6.06. The van der Waals surface area contributed by atoms with Crippen LogP contribution in [0.3, 0.4) is 0 Å². The molecule has 0 unspecified atom stereocenters. The van der Waals surface area contributed by atoms with Crippen molar-refractivity contribution in [1.82, 2.24) is 14.7 Å². The highest BCUT2D eigenvalue weighted by atomic mass is 32.2. The molecule has 0 N–H and O–H groups in total. The largest absolute Gasteiger partial charge is 0.348 e. The van der Waals surface area contributed by atoms with Crippen molar-refractivity contribution in [3.63, 3.8) is 0 Å². The predicted molar refractivity (Wildman–Crippen MR) is 103 cm³/mol. The zero-order valence-electron chi connectivity index (χ0n) is 15.7. The Kier molecular flexibility index (Phi) is 5.99. The van der Waals surface area contributed by atoms with E-state index in [1.807, 2.05) is 6.07 Å². The van der Waals surface area contributed by atoms with E-state index in [-0.39, 0.29) is 29.5 Å². The average Bonchev–Trinajstić information content (AvgIpc) is 2.93. The summed E-state index contributed by atoms with van der Waals surface area (Å²) in [7, 11) is 0.446. The minimum absolute atomic E-state index is 0.0134. The normalized spacial score (nSPS) is 25.8. The van der Waals surface area contributed by atoms with E-state index in [9.17, 15) is 13.2 Å². The molecule has 2 fully saturated rings. The number of carbonyl (C=O) groups is 1. The van der Waals surface area contributed by atoms with E-state index < -0.39 is 9.84 Å². The lowest BCUT2D eigenvalue weighted by molar-refractivity contribution is -0.131. The molecule has 2 atom stereocenters. The summed E-state index contributed by atoms with van der Waals surface area (Å²) in [5, 5.41) is 0. The maximum Gasteiger partial charge on any atom is 0.236 e. The van der Waals surface area contributed by atoms with Gasteiger partial charge in [0.2, 0.25) is 5.91 Å². The summed E-state index contributed by atoms with van der Waals surface area (Å²) in [6.07, 6.45) is 2.02. The number of aryl methyl sites for hydroxylation is 1. The van der Waals surface area contributed by atoms with Gasteiger partial charge < -0.3 is 4.90 Å². The number of likely N-dealkylation sites (N-methyl/N-ethyl adjacent to an activating group) is 1. The Labute approximate surface area is 156 Å². The topological polar surface area (TPSA) is 60.9 Å². The minimum Gasteiger partial charge on any atom is -0.348 e. The monoisotopic (exact) mass is 379 g/mol. The van der Waals surface area contributed by atoms with E-state index in [4.69, 9.17) is 0 Å². The van der Waals surface area contributed by atoms with Gasteiger partial charge in [-0.15, -0.1) is 0 Å². The smallest absolute Gasteiger partial charge is 0.236 e. The third kappa shape index (κ3) is 4.64. The molecule has 0 bridgehead atoms. The second-order valence-corrected chi connectivity index (χ2v) is 9.75. The third-order valence-corrected chi connectivity index (χ3v) is 7.20. The fraction of sp³-hybridized carbons (Fsp3) is 0.632. The van der Waals surface area contributed by atoms with Gasteiger partial charge in [-0.2, -0.15) is 0 Å². The number of hydrogen-bond donors (Lipinski definition) is 0. The Hall–Kier alpha value is -1.44. The van der Waals surface area contributed by atoms with E-state index >= 15 is 0 Å². The van der Waals surface area contributed by atoms with Gasteiger partial charge in [0, 0.05) is 39.3 Å². The van der Waals surface area contributed by atoms with Crippen LogP contribution in [0.2, 0.25) is 0 Å². The maximum atomic E-state index is 12.3. The SMILES string of the molecule is CN(C)C(=O)CN1CCN(CCCc2ccccc2)[C@@H]2CS(=O)(=O)C[C@@H]21. The van der Waals surface area contributed by atoms with Gasteiger partial charge in [-0.25, -0.2) is 8.42 Å². The van der Waals surface area contributed by atoms with Gasteiger partial charge in [-0.1, -0.05) is 30.3 Å². The number of nitrogens with zero attached hydrogens (tertiary/aromatic N) is 3. The first-order valence-corrected chi connectivity index (χ1v) is 11.1. The molecular formula is C19H29N3O3S. The van der Waals surface area contributed by atoms with Gasteiger partial charge in [-0.3, -0.25) is 14.6 Å². The standard InChI is InChI=1S/C19H29N3O3S/c1-20(2)19(23)13-22-12-11-21(17-14-26(24,25)15-18(17)22)10-6-9-16-7-4-3-5-8-16/h3-5,7-8,17-18H,6,9-15H2,1-2H3/t17-,18+/m1/s1. The molecule has 7 heteroatoms. The molecule has 0 aliphatic carbocycles. The second kappa shape index (κ2) is 8.06. The van der Waals surface area contributed by atoms with Gasteiger partial charge >= 0.3 is 0 Å². The molecule has 0 aromatic heterocycles. The lowest BCUT2D eigenvalue weighted by Crippen LogP contribution is -2.60. The van der Waals surface area contributed by atoms with Crippen molar-refractivity contribution in [3.05, 3.63) is 35.9 Å². The van der Waals surface area contributed by atoms with E-state index in [0.29, 0.717) is 6.54 Å². The predicted octanol–water partition coefficient (Wildman–Crippen LogP) is 0.491. The first-order valence-electron chi connectivity index (χ1n) is 9.28. The molecule has 2 saturated heterocycles. The molecule has 2 aliphatic heterocycles. The first kappa shape index (κ1) is 19.3. The van der Waals surface area contributed by atoms with Crippen LogP contribution in [0.4, 0.5) is 0 Å². The number of hydrogen-bond acceptors (Lipinski definition) is 5. The molecule has 3 rings (SSSR count). The average molecular weight is 380 g/mol. The summed E-state index contributed by atoms with van der Waals surface area (Å²) >= 11 is 0. The summed E-state index contributed by atoms with van der Waals surface area (Å²) in [5.74, 6) is 0.425. The van der Waals surface area contributed by atoms with Crippen LogP contribution in [0.15, 0.2) is 30.3 Å². The van der Waals surface area contributed by atoms with Crippen LogP contribution >= 0.6 is 0 Å². The lowest BCUT2D eigenvalue weighted by Gasteiger charge is -2.44. The lowest BCUT2D eigenvalue weighted by atomic mass is 10.0. The molecule has 2 heterocycles. The molecule has 26 heavy (non-hydrogen) atoms. The Morgan fingerprint density at radius 3 is 2.35 bits per heavy atom. The zero-order valence-corrected chi connectivity index (χ0v) is 16.5. The molecule has 0 radical (unpaired) electrons. The molecule has 1 amide bonds. The molecular weight excluding hydrogens is 350 g/mol. The van der Waals surface area contributed by atoms with E-state index in [1.54, 1.807) is 19.0 Å². The van der Waals surface area contributed by atoms with Crippen LogP contribution in [0.5, 0.6) is 0 Å². The number of fused-ring (bicyclic) bond motifs is 1. The fourth-order valence-electron chi connectivity index (χ4n) is 4.02. The van der Waals surface area contributed by atoms with Gasteiger partial charge in [-0.05, 0) is 24.9 Å². The summed E-state index contributed by atoms with van der Waals surface area (Å²) in [5.41, 5.74) is 1.32. The molecule has 0 saturated carbocycles. The Morgan fingerprint density at radius 1 is 1.08 bits per heavy atom. The molecule has 1 aromatic carbocycles. The Morgan fingerprint density at radius 2 is 1.69 bits per heavy atom. The number of amides is 1. The van der Waals surface area contributed by atoms with Crippen LogP contribution in [0.1, 0.15) is 12.0 Å². The summed E-state index contributed by atoms with van der Waals surface area (Å²) < 4.78 is 24.5. The highest BCUT2D eigenvalue weighted by molar-refractivity contribution is 7.91. The van der Waals surface area contributed by atoms with Crippen molar-refractivity contribution in [3.8, 4) is 0 Å². The summed E-state index contributed by atoms with van der Waals surface area (Å²) in [6.45, 7) is 2.79. The third-order valence-electron chi connectivity index (χ3n) is 5.50. The Bertz CT molecular complexity index is 721. The number of rotatable bonds is 6. The van der Waals surface area contributed by atoms with Crippen molar-refractivity contribution in [2.24, 2.45) is 0 Å². The van der Waals surface area contributed by atoms with Gasteiger partial charge in [0.05, 0.1) is 18.1 Å². The van der Waals surface area contributed by atoms with Crippen molar-refractivity contribution >= 4 is 15.7 Å². The Balaban J connectivity index is 1.62. The van der Waals surface area contributed by atoms with Crippen molar-refractivity contribution in [2.45, 2.75) is 24.9 Å². The molecule has 1 aromatic rings. The van der Waals surface area contributed by atoms with Crippen LogP contribution in [0, 0.1) is 0 Å². The molecule has 6 nitrogen and oxygen atoms in total. The summed E-state index contributed by atoms with van der Waals surface area (Å²) in [4.78, 5) is 18.1. The second-order valence-electron chi connectivity index (χ2n) is 7.60. The van der Waals surface area contributed by atoms with Crippen molar-refractivity contribution in [1.29, 1.82) is 0 Å². The highest BCUT2D eigenvalue weighted by Crippen LogP contribution is 2.27. The van der Waals surface area contributed by atoms with Crippen LogP contribution in [-0.2, 0) is 21.1 Å². The van der Waals surface area contributed by atoms with Crippen LogP contribution in [0.25, 0.3) is 0 Å². The first-order chi connectivity index (χ1) is 12.4. The number of piperazine rings is 1. The quantitative estimate of drug-likeness (QED) is 0.720. The van der Waals surface area contributed by atoms with Gasteiger partial charge in [0.25, 0.3) is 0 Å². The van der Waals surface area contributed by atoms with Crippen molar-refractivity contribution in [2.75, 3.05) is 51.8 Å². The summed E-state index contributed by atoms with van der Waals surface area (Å²) in [6, 6.07) is 10.3. The molecule has 0 spiro atoms. The van der Waals surface area contributed by atoms with Crippen molar-refractivity contribution < 1.29 is 13.2 Å². The highest BCUT2D eigenvalue weighted by Gasteiger charge is 2.46. The number of carbonyl (C=O) groups excluding carboxylic acids is 1. The van der Waals surface area contributed by atoms with E-state index in [1.165, 1.54) is 5.56 Å². The van der Waals surface area contributed by atoms with Gasteiger partial charge in [0.15, 0.2) is 9.84 Å². The maximum absolute atomic E-state index is 12.3. The number of benzene rings is 1. The van der Waals surface area contributed by atoms with Gasteiger partial charge in [0.1, 0.15) is 0 Å². The van der Waals surface area contributed by atoms with E-state index in [0.717, 1.165) is 32.5 Å². The number of sulfone groups is 1. The molecule has 2 aliphatic rings. The molecule has 144 valence electrons. The zero-order chi connectivity index (χ0) is 18.7. The minimum atomic E-state index is -3.04.